The van der Waals surface area contributed by atoms with Crippen LogP contribution in [0.3, 0.4) is 0 Å². The molecule has 0 aliphatic rings. The van der Waals surface area contributed by atoms with Crippen molar-refractivity contribution in [1.82, 2.24) is 4.57 Å². The van der Waals surface area contributed by atoms with Crippen LogP contribution in [0.5, 0.6) is 5.75 Å². The molecule has 1 N–H and O–H groups in total. The first-order chi connectivity index (χ1) is 17.4. The van der Waals surface area contributed by atoms with E-state index in [0.717, 1.165) is 28.6 Å². The van der Waals surface area contributed by atoms with Gasteiger partial charge >= 0.3 is 5.97 Å². The summed E-state index contributed by atoms with van der Waals surface area (Å²) in [4.78, 5) is 25.3. The molecule has 4 rings (SSSR count). The van der Waals surface area contributed by atoms with Crippen molar-refractivity contribution in [3.63, 3.8) is 0 Å². The number of rotatable bonds is 9. The van der Waals surface area contributed by atoms with Crippen molar-refractivity contribution in [2.24, 2.45) is 0 Å². The van der Waals surface area contributed by atoms with Crippen LogP contribution in [-0.2, 0) is 22.5 Å². The van der Waals surface area contributed by atoms with Crippen molar-refractivity contribution in [1.29, 1.82) is 0 Å². The van der Waals surface area contributed by atoms with Gasteiger partial charge in [-0.15, -0.1) is 0 Å². The van der Waals surface area contributed by atoms with Crippen molar-refractivity contribution in [3.8, 4) is 5.75 Å². The fraction of sp³-hybridized carbons (Fsp3) is 0.241. The third-order valence-corrected chi connectivity index (χ3v) is 6.32. The number of nitrogens with zero attached hydrogens (tertiary/aromatic N) is 1. The molecule has 0 fully saturated rings. The summed E-state index contributed by atoms with van der Waals surface area (Å²) < 4.78 is 13.3. The average molecular weight is 505 g/mol. The molecular weight excluding hydrogens is 476 g/mol. The summed E-state index contributed by atoms with van der Waals surface area (Å²) in [6.07, 6.45) is 0.828. The second-order valence-electron chi connectivity index (χ2n) is 8.54. The summed E-state index contributed by atoms with van der Waals surface area (Å²) in [6, 6.07) is 21.1. The van der Waals surface area contributed by atoms with E-state index in [-0.39, 0.29) is 25.1 Å². The fourth-order valence-corrected chi connectivity index (χ4v) is 4.42. The highest BCUT2D eigenvalue weighted by molar-refractivity contribution is 6.31. The number of ether oxygens (including phenoxy) is 2. The van der Waals surface area contributed by atoms with Crippen molar-refractivity contribution in [2.45, 2.75) is 33.7 Å². The number of carbonyl (C=O) groups is 2. The topological polar surface area (TPSA) is 69.6 Å². The molecule has 7 heteroatoms. The van der Waals surface area contributed by atoms with Crippen molar-refractivity contribution in [2.75, 3.05) is 18.5 Å². The van der Waals surface area contributed by atoms with E-state index in [9.17, 15) is 9.59 Å². The SMILES string of the molecule is CCOC(=O)c1c(C)n(CCc2ccccc2)c2ccc(OCC(=O)Nc3cc(Cl)ccc3C)cc12. The van der Waals surface area contributed by atoms with Gasteiger partial charge in [0.15, 0.2) is 6.61 Å². The number of hydrogen-bond donors (Lipinski definition) is 1. The van der Waals surface area contributed by atoms with Gasteiger partial charge in [0.05, 0.1) is 12.2 Å². The first-order valence-electron chi connectivity index (χ1n) is 11.9. The van der Waals surface area contributed by atoms with Crippen LogP contribution in [0, 0.1) is 13.8 Å². The molecule has 1 aromatic heterocycles. The van der Waals surface area contributed by atoms with Crippen LogP contribution < -0.4 is 10.1 Å². The van der Waals surface area contributed by atoms with Crippen molar-refractivity contribution < 1.29 is 19.1 Å². The van der Waals surface area contributed by atoms with Crippen molar-refractivity contribution in [3.05, 3.63) is 94.1 Å². The third kappa shape index (κ3) is 5.71. The molecule has 0 aliphatic heterocycles. The largest absolute Gasteiger partial charge is 0.484 e. The number of esters is 1. The predicted molar refractivity (Wildman–Crippen MR) is 143 cm³/mol. The Morgan fingerprint density at radius 2 is 1.78 bits per heavy atom. The number of hydrogen-bond acceptors (Lipinski definition) is 4. The molecule has 3 aromatic carbocycles. The number of halogens is 1. The van der Waals surface area contributed by atoms with Gasteiger partial charge in [0.2, 0.25) is 0 Å². The van der Waals surface area contributed by atoms with E-state index in [0.29, 0.717) is 28.6 Å². The number of benzene rings is 3. The average Bonchev–Trinajstić information content (AvgIpc) is 3.14. The molecule has 0 saturated heterocycles. The molecule has 6 nitrogen and oxygen atoms in total. The minimum absolute atomic E-state index is 0.181. The molecule has 0 saturated carbocycles. The molecule has 36 heavy (non-hydrogen) atoms. The minimum Gasteiger partial charge on any atom is -0.484 e. The lowest BCUT2D eigenvalue weighted by atomic mass is 10.1. The van der Waals surface area contributed by atoms with E-state index in [1.165, 1.54) is 5.56 Å². The molecule has 0 radical (unpaired) electrons. The third-order valence-electron chi connectivity index (χ3n) is 6.08. The molecule has 4 aromatic rings. The van der Waals surface area contributed by atoms with Gasteiger partial charge in [-0.2, -0.15) is 0 Å². The number of fused-ring (bicyclic) bond motifs is 1. The highest BCUT2D eigenvalue weighted by atomic mass is 35.5. The predicted octanol–water partition coefficient (Wildman–Crippen LogP) is 6.35. The smallest absolute Gasteiger partial charge is 0.340 e. The molecule has 0 atom stereocenters. The maximum absolute atomic E-state index is 12.9. The molecule has 0 spiro atoms. The zero-order valence-electron chi connectivity index (χ0n) is 20.6. The lowest BCUT2D eigenvalue weighted by molar-refractivity contribution is -0.118. The molecule has 0 unspecified atom stereocenters. The van der Waals surface area contributed by atoms with Gasteiger partial charge in [-0.1, -0.05) is 48.0 Å². The Balaban J connectivity index is 1.56. The van der Waals surface area contributed by atoms with Crippen LogP contribution in [-0.4, -0.2) is 29.7 Å². The molecule has 0 bridgehead atoms. The zero-order chi connectivity index (χ0) is 25.7. The number of anilines is 1. The Bertz CT molecular complexity index is 1400. The van der Waals surface area contributed by atoms with Gasteiger partial charge in [0, 0.05) is 33.9 Å². The summed E-state index contributed by atoms with van der Waals surface area (Å²) in [7, 11) is 0. The van der Waals surface area contributed by atoms with Crippen LogP contribution in [0.25, 0.3) is 10.9 Å². The fourth-order valence-electron chi connectivity index (χ4n) is 4.25. The molecular formula is C29H29ClN2O4. The highest BCUT2D eigenvalue weighted by Crippen LogP contribution is 2.31. The van der Waals surface area contributed by atoms with Gasteiger partial charge in [-0.05, 0) is 68.7 Å². The van der Waals surface area contributed by atoms with Crippen LogP contribution >= 0.6 is 11.6 Å². The standard InChI is InChI=1S/C29H29ClN2O4/c1-4-35-29(34)28-20(3)32(15-14-21-8-6-5-7-9-21)26-13-12-23(17-24(26)28)36-18-27(33)31-25-16-22(30)11-10-19(25)2/h5-13,16-17H,4,14-15,18H2,1-3H3,(H,31,33). The van der Waals surface area contributed by atoms with Gasteiger partial charge in [-0.25, -0.2) is 4.79 Å². The highest BCUT2D eigenvalue weighted by Gasteiger charge is 2.22. The number of amides is 1. The van der Waals surface area contributed by atoms with Crippen LogP contribution in [0.4, 0.5) is 5.69 Å². The van der Waals surface area contributed by atoms with Gasteiger partial charge < -0.3 is 19.4 Å². The Morgan fingerprint density at radius 1 is 1.00 bits per heavy atom. The normalized spacial score (nSPS) is 10.9. The van der Waals surface area contributed by atoms with Gasteiger partial charge in [0.25, 0.3) is 5.91 Å². The summed E-state index contributed by atoms with van der Waals surface area (Å²) in [6.45, 7) is 6.43. The quantitative estimate of drug-likeness (QED) is 0.270. The van der Waals surface area contributed by atoms with E-state index in [2.05, 4.69) is 22.0 Å². The lowest BCUT2D eigenvalue weighted by Gasteiger charge is -2.11. The van der Waals surface area contributed by atoms with Crippen molar-refractivity contribution >= 4 is 40.1 Å². The van der Waals surface area contributed by atoms with E-state index in [4.69, 9.17) is 21.1 Å². The van der Waals surface area contributed by atoms with E-state index < -0.39 is 0 Å². The second-order valence-corrected chi connectivity index (χ2v) is 8.98. The number of nitrogens with one attached hydrogen (secondary N) is 1. The van der Waals surface area contributed by atoms with Crippen LogP contribution in [0.15, 0.2) is 66.7 Å². The summed E-state index contributed by atoms with van der Waals surface area (Å²) in [5.74, 6) is -0.182. The van der Waals surface area contributed by atoms with Gasteiger partial charge in [-0.3, -0.25) is 4.79 Å². The maximum Gasteiger partial charge on any atom is 0.340 e. The van der Waals surface area contributed by atoms with E-state index in [1.807, 2.05) is 50.2 Å². The number of carbonyl (C=O) groups excluding carboxylic acids is 2. The monoisotopic (exact) mass is 504 g/mol. The second kappa shape index (κ2) is 11.3. The zero-order valence-corrected chi connectivity index (χ0v) is 21.4. The lowest BCUT2D eigenvalue weighted by Crippen LogP contribution is -2.20. The summed E-state index contributed by atoms with van der Waals surface area (Å²) >= 11 is 6.04. The number of aromatic nitrogens is 1. The summed E-state index contributed by atoms with van der Waals surface area (Å²) in [5.41, 5.74) is 5.04. The Morgan fingerprint density at radius 3 is 2.53 bits per heavy atom. The first-order valence-corrected chi connectivity index (χ1v) is 12.3. The van der Waals surface area contributed by atoms with E-state index in [1.54, 1.807) is 25.1 Å². The Labute approximate surface area is 215 Å². The molecule has 1 heterocycles. The molecule has 1 amide bonds. The molecule has 186 valence electrons. The minimum atomic E-state index is -0.371. The number of aryl methyl sites for hydroxylation is 3. The Hall–Kier alpha value is -3.77. The first kappa shape index (κ1) is 25.3. The van der Waals surface area contributed by atoms with E-state index >= 15 is 0 Å². The maximum atomic E-state index is 12.9. The van der Waals surface area contributed by atoms with Crippen LogP contribution in [0.2, 0.25) is 5.02 Å². The summed E-state index contributed by atoms with van der Waals surface area (Å²) in [5, 5.41) is 4.10. The van der Waals surface area contributed by atoms with Crippen LogP contribution in [0.1, 0.15) is 34.1 Å². The molecule has 0 aliphatic carbocycles. The Kier molecular flexibility index (Phi) is 7.96. The van der Waals surface area contributed by atoms with Gasteiger partial charge in [0.1, 0.15) is 5.75 Å².